The first-order valence-electron chi connectivity index (χ1n) is 14.5. The Morgan fingerprint density at radius 3 is 2.26 bits per heavy atom. The third-order valence-electron chi connectivity index (χ3n) is 7.38. The minimum Gasteiger partial charge on any atom is -0.444 e. The highest BCUT2D eigenvalue weighted by Gasteiger charge is 2.26. The van der Waals surface area contributed by atoms with Gasteiger partial charge in [-0.15, -0.1) is 0 Å². The molecule has 1 saturated heterocycles. The predicted molar refractivity (Wildman–Crippen MR) is 176 cm³/mol. The van der Waals surface area contributed by atoms with Crippen LogP contribution in [0.5, 0.6) is 0 Å². The molecule has 0 aliphatic carbocycles. The zero-order valence-electron chi connectivity index (χ0n) is 24.8. The van der Waals surface area contributed by atoms with Gasteiger partial charge in [-0.05, 0) is 89.3 Å². The molecule has 1 aliphatic heterocycles. The van der Waals surface area contributed by atoms with Gasteiger partial charge in [0.2, 0.25) is 10.0 Å². The van der Waals surface area contributed by atoms with Crippen LogP contribution < -0.4 is 5.32 Å². The Morgan fingerprint density at radius 2 is 1.51 bits per heavy atom. The number of benzene rings is 4. The van der Waals surface area contributed by atoms with Crippen molar-refractivity contribution in [1.29, 1.82) is 0 Å². The number of amides is 1. The number of halogens is 1. The second-order valence-corrected chi connectivity index (χ2v) is 14.4. The van der Waals surface area contributed by atoms with Gasteiger partial charge in [-0.2, -0.15) is 4.31 Å². The van der Waals surface area contributed by atoms with Crippen LogP contribution in [0.4, 0.5) is 4.79 Å². The van der Waals surface area contributed by atoms with E-state index in [9.17, 15) is 13.2 Å². The fourth-order valence-electron chi connectivity index (χ4n) is 5.22. The maximum Gasteiger partial charge on any atom is 0.407 e. The molecule has 1 heterocycles. The van der Waals surface area contributed by atoms with Crippen molar-refractivity contribution in [2.24, 2.45) is 0 Å². The smallest absolute Gasteiger partial charge is 0.407 e. The van der Waals surface area contributed by atoms with E-state index in [0.29, 0.717) is 37.7 Å². The van der Waals surface area contributed by atoms with E-state index in [0.717, 1.165) is 39.2 Å². The maximum absolute atomic E-state index is 13.0. The van der Waals surface area contributed by atoms with Crippen LogP contribution in [-0.4, -0.2) is 61.2 Å². The van der Waals surface area contributed by atoms with E-state index in [1.807, 2.05) is 69.3 Å². The van der Waals surface area contributed by atoms with Gasteiger partial charge in [0.1, 0.15) is 5.60 Å². The number of carbonyl (C=O) groups excluding carboxylic acids is 1. The second kappa shape index (κ2) is 13.1. The average Bonchev–Trinajstić information content (AvgIpc) is 2.95. The first-order chi connectivity index (χ1) is 20.4. The van der Waals surface area contributed by atoms with Crippen molar-refractivity contribution in [3.05, 3.63) is 101 Å². The summed E-state index contributed by atoms with van der Waals surface area (Å²) in [5, 5.41) is 7.85. The summed E-state index contributed by atoms with van der Waals surface area (Å²) in [5.41, 5.74) is 2.58. The number of piperazine rings is 1. The Balaban J connectivity index is 1.13. The number of carbonyl (C=O) groups is 1. The van der Waals surface area contributed by atoms with Crippen LogP contribution in [0.25, 0.3) is 27.6 Å². The van der Waals surface area contributed by atoms with Crippen LogP contribution in [-0.2, 0) is 27.8 Å². The molecule has 0 unspecified atom stereocenters. The molecule has 1 aliphatic rings. The summed E-state index contributed by atoms with van der Waals surface area (Å²) in [7, 11) is -3.39. The van der Waals surface area contributed by atoms with Crippen LogP contribution in [0.3, 0.4) is 0 Å². The first-order valence-corrected chi connectivity index (χ1v) is 16.5. The number of nitrogens with one attached hydrogen (secondary N) is 1. The SMILES string of the molecule is CC(C)(C)OC(=O)NCc1ccc2ccc(CN3CCN(S(=O)(=O)CC=Cc4ccc5cc(Cl)ccc5c4)CC3)cc2c1. The molecule has 4 aromatic carbocycles. The highest BCUT2D eigenvalue weighted by atomic mass is 35.5. The molecule has 0 spiro atoms. The zero-order chi connectivity index (χ0) is 30.6. The Hall–Kier alpha value is -3.43. The molecule has 1 amide bonds. The minimum atomic E-state index is -3.39. The van der Waals surface area contributed by atoms with E-state index < -0.39 is 21.7 Å². The van der Waals surface area contributed by atoms with Crippen molar-refractivity contribution < 1.29 is 17.9 Å². The van der Waals surface area contributed by atoms with Gasteiger partial charge in [0.15, 0.2) is 0 Å². The first kappa shape index (κ1) is 31.0. The lowest BCUT2D eigenvalue weighted by atomic mass is 10.0. The average molecular weight is 620 g/mol. The van der Waals surface area contributed by atoms with Crippen molar-refractivity contribution in [2.75, 3.05) is 31.9 Å². The maximum atomic E-state index is 13.0. The Morgan fingerprint density at radius 1 is 0.860 bits per heavy atom. The molecule has 43 heavy (non-hydrogen) atoms. The molecule has 0 radical (unpaired) electrons. The molecule has 1 fully saturated rings. The minimum absolute atomic E-state index is 0.0263. The molecular formula is C34H38ClN3O4S. The highest BCUT2D eigenvalue weighted by molar-refractivity contribution is 7.89. The fraction of sp³-hybridized carbons (Fsp3) is 0.324. The van der Waals surface area contributed by atoms with Gasteiger partial charge in [0, 0.05) is 44.3 Å². The van der Waals surface area contributed by atoms with Crippen molar-refractivity contribution in [3.8, 4) is 0 Å². The van der Waals surface area contributed by atoms with Gasteiger partial charge in [0.05, 0.1) is 5.75 Å². The van der Waals surface area contributed by atoms with Crippen LogP contribution in [0.2, 0.25) is 5.02 Å². The number of ether oxygens (including phenoxy) is 1. The molecule has 4 aromatic rings. The summed E-state index contributed by atoms with van der Waals surface area (Å²) in [6, 6.07) is 24.3. The van der Waals surface area contributed by atoms with Gasteiger partial charge < -0.3 is 10.1 Å². The standard InChI is InChI=1S/C34H38ClN3O4S/c1-34(2,3)42-33(39)36-23-26-7-9-28-10-8-27(21-31(28)20-26)24-37-14-16-38(17-15-37)43(40,41)18-4-5-25-6-11-30-22-32(35)13-12-29(30)19-25/h4-13,19-22H,14-18,23-24H2,1-3H3,(H,36,39). The molecule has 9 heteroatoms. The topological polar surface area (TPSA) is 79.0 Å². The molecule has 1 N–H and O–H groups in total. The Kier molecular flexibility index (Phi) is 9.42. The summed E-state index contributed by atoms with van der Waals surface area (Å²) in [5.74, 6) is -0.0263. The van der Waals surface area contributed by atoms with E-state index in [1.54, 1.807) is 10.4 Å². The number of rotatable bonds is 8. The monoisotopic (exact) mass is 619 g/mol. The van der Waals surface area contributed by atoms with Crippen LogP contribution in [0, 0.1) is 0 Å². The van der Waals surface area contributed by atoms with E-state index >= 15 is 0 Å². The van der Waals surface area contributed by atoms with Crippen LogP contribution >= 0.6 is 11.6 Å². The summed E-state index contributed by atoms with van der Waals surface area (Å²) in [6.07, 6.45) is 3.15. The molecule has 0 aromatic heterocycles. The molecular weight excluding hydrogens is 582 g/mol. The number of hydrogen-bond acceptors (Lipinski definition) is 5. The lowest BCUT2D eigenvalue weighted by Gasteiger charge is -2.33. The molecule has 226 valence electrons. The number of sulfonamides is 1. The van der Waals surface area contributed by atoms with Gasteiger partial charge in [-0.25, -0.2) is 13.2 Å². The Labute approximate surface area is 259 Å². The largest absolute Gasteiger partial charge is 0.444 e. The predicted octanol–water partition coefficient (Wildman–Crippen LogP) is 6.83. The van der Waals surface area contributed by atoms with E-state index in [-0.39, 0.29) is 5.75 Å². The van der Waals surface area contributed by atoms with Crippen LogP contribution in [0.1, 0.15) is 37.5 Å². The second-order valence-electron chi connectivity index (χ2n) is 12.0. The van der Waals surface area contributed by atoms with E-state index in [2.05, 4.69) is 40.5 Å². The van der Waals surface area contributed by atoms with Gasteiger partial charge in [-0.3, -0.25) is 4.90 Å². The van der Waals surface area contributed by atoms with Crippen LogP contribution in [0.15, 0.2) is 78.9 Å². The molecule has 0 bridgehead atoms. The lowest BCUT2D eigenvalue weighted by Crippen LogP contribution is -2.48. The number of hydrogen-bond donors (Lipinski definition) is 1. The lowest BCUT2D eigenvalue weighted by molar-refractivity contribution is 0.0523. The van der Waals surface area contributed by atoms with Crippen molar-refractivity contribution >= 4 is 55.3 Å². The highest BCUT2D eigenvalue weighted by Crippen LogP contribution is 2.22. The van der Waals surface area contributed by atoms with E-state index in [1.165, 1.54) is 5.56 Å². The normalized spacial score (nSPS) is 15.3. The molecule has 5 rings (SSSR count). The molecule has 7 nitrogen and oxygen atoms in total. The molecule has 0 saturated carbocycles. The third-order valence-corrected chi connectivity index (χ3v) is 9.38. The van der Waals surface area contributed by atoms with Gasteiger partial charge in [-0.1, -0.05) is 66.2 Å². The summed E-state index contributed by atoms with van der Waals surface area (Å²) < 4.78 is 33.0. The van der Waals surface area contributed by atoms with E-state index in [4.69, 9.17) is 16.3 Å². The number of alkyl carbamates (subject to hydrolysis) is 1. The summed E-state index contributed by atoms with van der Waals surface area (Å²) in [6.45, 7) is 8.95. The Bertz CT molecular complexity index is 1760. The van der Waals surface area contributed by atoms with Crippen molar-refractivity contribution in [1.82, 2.24) is 14.5 Å². The number of nitrogens with zero attached hydrogens (tertiary/aromatic N) is 2. The van der Waals surface area contributed by atoms with Gasteiger partial charge in [0.25, 0.3) is 0 Å². The quantitative estimate of drug-likeness (QED) is 0.234. The molecule has 0 atom stereocenters. The summed E-state index contributed by atoms with van der Waals surface area (Å²) >= 11 is 6.07. The van der Waals surface area contributed by atoms with Gasteiger partial charge >= 0.3 is 6.09 Å². The van der Waals surface area contributed by atoms with Crippen molar-refractivity contribution in [3.63, 3.8) is 0 Å². The fourth-order valence-corrected chi connectivity index (χ4v) is 6.67. The van der Waals surface area contributed by atoms with Crippen molar-refractivity contribution in [2.45, 2.75) is 39.5 Å². The third kappa shape index (κ3) is 8.57. The summed E-state index contributed by atoms with van der Waals surface area (Å²) in [4.78, 5) is 14.3. The number of fused-ring (bicyclic) bond motifs is 2. The zero-order valence-corrected chi connectivity index (χ0v) is 26.4.